The quantitative estimate of drug-likeness (QED) is 0.484. The summed E-state index contributed by atoms with van der Waals surface area (Å²) in [6, 6.07) is 0. The van der Waals surface area contributed by atoms with Crippen molar-refractivity contribution in [1.29, 1.82) is 0 Å². The van der Waals surface area contributed by atoms with Crippen LogP contribution in [0.25, 0.3) is 0 Å². The molecule has 62 valence electrons. The van der Waals surface area contributed by atoms with Crippen molar-refractivity contribution < 1.29 is 5.11 Å². The lowest BCUT2D eigenvalue weighted by molar-refractivity contribution is 0.173. The van der Waals surface area contributed by atoms with Gasteiger partial charge in [-0.05, 0) is 26.2 Å². The number of aliphatic hydroxyl groups excluding tert-OH is 1. The third-order valence-corrected chi connectivity index (χ3v) is 1.61. The molecule has 0 saturated heterocycles. The average Bonchev–Trinajstić information content (AvgIpc) is 1.98. The molecule has 0 rings (SSSR count). The summed E-state index contributed by atoms with van der Waals surface area (Å²) in [6.45, 7) is 6.02. The first-order valence-electron chi connectivity index (χ1n) is 3.85. The van der Waals surface area contributed by atoms with E-state index < -0.39 is 6.10 Å². The molecule has 0 amide bonds. The molecule has 0 aliphatic heterocycles. The van der Waals surface area contributed by atoms with Crippen molar-refractivity contribution in [2.45, 2.75) is 33.3 Å². The summed E-state index contributed by atoms with van der Waals surface area (Å²) in [7, 11) is 0. The van der Waals surface area contributed by atoms with Gasteiger partial charge in [0.2, 0.25) is 0 Å². The van der Waals surface area contributed by atoms with Crippen molar-refractivity contribution in [1.82, 2.24) is 0 Å². The second-order valence-electron chi connectivity index (χ2n) is 3.11. The van der Waals surface area contributed by atoms with Gasteiger partial charge in [0.25, 0.3) is 0 Å². The van der Waals surface area contributed by atoms with E-state index >= 15 is 0 Å². The first kappa shape index (κ1) is 10.3. The normalized spacial score (nSPS) is 14.8. The Morgan fingerprint density at radius 3 is 2.55 bits per heavy atom. The maximum atomic E-state index is 9.17. The van der Waals surface area contributed by atoms with Gasteiger partial charge in [-0.2, -0.15) is 0 Å². The Bertz CT molecular complexity index is 170. The summed E-state index contributed by atoms with van der Waals surface area (Å²) in [6.07, 6.45) is 7.40. The Morgan fingerprint density at radius 2 is 2.18 bits per heavy atom. The van der Waals surface area contributed by atoms with Crippen LogP contribution >= 0.6 is 0 Å². The molecule has 0 aromatic heterocycles. The Kier molecular flexibility index (Phi) is 4.65. The van der Waals surface area contributed by atoms with Crippen molar-refractivity contribution in [3.63, 3.8) is 0 Å². The summed E-state index contributed by atoms with van der Waals surface area (Å²) in [4.78, 5) is 0. The molecule has 0 aromatic carbocycles. The van der Waals surface area contributed by atoms with Crippen LogP contribution in [0.15, 0.2) is 11.6 Å². The van der Waals surface area contributed by atoms with Gasteiger partial charge in [0, 0.05) is 0 Å². The van der Waals surface area contributed by atoms with Crippen LogP contribution in [0.4, 0.5) is 0 Å². The number of rotatable bonds is 3. The van der Waals surface area contributed by atoms with Gasteiger partial charge < -0.3 is 5.11 Å². The fourth-order valence-electron chi connectivity index (χ4n) is 0.715. The van der Waals surface area contributed by atoms with Crippen LogP contribution in [0.1, 0.15) is 27.2 Å². The molecule has 0 radical (unpaired) electrons. The summed E-state index contributed by atoms with van der Waals surface area (Å²) in [5, 5.41) is 9.17. The predicted molar refractivity (Wildman–Crippen MR) is 48.1 cm³/mol. The molecule has 1 heteroatoms. The third-order valence-electron chi connectivity index (χ3n) is 1.61. The van der Waals surface area contributed by atoms with Crippen molar-refractivity contribution in [3.05, 3.63) is 11.6 Å². The Morgan fingerprint density at radius 1 is 1.64 bits per heavy atom. The number of allylic oxidation sites excluding steroid dienone is 2. The molecule has 2 atom stereocenters. The number of terminal acetylenes is 1. The zero-order valence-electron chi connectivity index (χ0n) is 7.46. The van der Waals surface area contributed by atoms with Gasteiger partial charge in [-0.15, -0.1) is 6.42 Å². The lowest BCUT2D eigenvalue weighted by Crippen LogP contribution is -2.13. The first-order chi connectivity index (χ1) is 5.07. The molecule has 2 unspecified atom stereocenters. The predicted octanol–water partition coefficient (Wildman–Crippen LogP) is 1.97. The molecular formula is C10H16O. The van der Waals surface area contributed by atoms with Crippen molar-refractivity contribution in [2.75, 3.05) is 0 Å². The van der Waals surface area contributed by atoms with Gasteiger partial charge in [-0.3, -0.25) is 0 Å². The molecule has 1 N–H and O–H groups in total. The largest absolute Gasteiger partial charge is 0.380 e. The molecule has 0 spiro atoms. The highest BCUT2D eigenvalue weighted by Crippen LogP contribution is 2.09. The molecule has 0 aromatic rings. The van der Waals surface area contributed by atoms with E-state index in [0.717, 1.165) is 6.42 Å². The first-order valence-corrected chi connectivity index (χ1v) is 3.85. The maximum absolute atomic E-state index is 9.17. The summed E-state index contributed by atoms with van der Waals surface area (Å²) in [5.74, 6) is 2.48. The third kappa shape index (κ3) is 4.64. The minimum atomic E-state index is -0.606. The lowest BCUT2D eigenvalue weighted by atomic mass is 10.0. The molecule has 0 aliphatic carbocycles. The highest BCUT2D eigenvalue weighted by Gasteiger charge is 2.08. The molecule has 1 nitrogen and oxygen atoms in total. The van der Waals surface area contributed by atoms with Crippen LogP contribution in [0.2, 0.25) is 0 Å². The second-order valence-corrected chi connectivity index (χ2v) is 3.11. The highest BCUT2D eigenvalue weighted by atomic mass is 16.3. The summed E-state index contributed by atoms with van der Waals surface area (Å²) >= 11 is 0. The fraction of sp³-hybridized carbons (Fsp3) is 0.600. The number of hydrogen-bond acceptors (Lipinski definition) is 1. The van der Waals surface area contributed by atoms with E-state index in [1.54, 1.807) is 0 Å². The van der Waals surface area contributed by atoms with Crippen LogP contribution in [0.5, 0.6) is 0 Å². The van der Waals surface area contributed by atoms with Crippen LogP contribution in [0, 0.1) is 18.3 Å². The minimum absolute atomic E-state index is 0.162. The number of hydrogen-bond donors (Lipinski definition) is 1. The molecular weight excluding hydrogens is 136 g/mol. The van der Waals surface area contributed by atoms with Gasteiger partial charge >= 0.3 is 0 Å². The monoisotopic (exact) mass is 152 g/mol. The standard InChI is InChI=1S/C10H16O/c1-5-10(11)9(4)7-6-8(2)3/h1,6,9-11H,7H2,2-4H3. The van der Waals surface area contributed by atoms with Gasteiger partial charge in [-0.25, -0.2) is 0 Å². The lowest BCUT2D eigenvalue weighted by Gasteiger charge is -2.10. The molecule has 0 bridgehead atoms. The van der Waals surface area contributed by atoms with Gasteiger partial charge in [0.15, 0.2) is 0 Å². The van der Waals surface area contributed by atoms with Crippen molar-refractivity contribution in [3.8, 4) is 12.3 Å². The Labute approximate surface area is 69.1 Å². The Balaban J connectivity index is 3.80. The zero-order valence-corrected chi connectivity index (χ0v) is 7.46. The molecule has 0 heterocycles. The summed E-state index contributed by atoms with van der Waals surface area (Å²) < 4.78 is 0. The van der Waals surface area contributed by atoms with E-state index in [1.165, 1.54) is 5.57 Å². The van der Waals surface area contributed by atoms with Gasteiger partial charge in [0.1, 0.15) is 6.10 Å². The van der Waals surface area contributed by atoms with Crippen LogP contribution in [-0.2, 0) is 0 Å². The van der Waals surface area contributed by atoms with Crippen molar-refractivity contribution in [2.24, 2.45) is 5.92 Å². The molecule has 0 aliphatic rings. The van der Waals surface area contributed by atoms with Crippen LogP contribution < -0.4 is 0 Å². The average molecular weight is 152 g/mol. The van der Waals surface area contributed by atoms with E-state index in [0.29, 0.717) is 0 Å². The zero-order chi connectivity index (χ0) is 8.85. The molecule has 0 saturated carbocycles. The van der Waals surface area contributed by atoms with E-state index in [9.17, 15) is 5.11 Å². The summed E-state index contributed by atoms with van der Waals surface area (Å²) in [5.41, 5.74) is 1.26. The van der Waals surface area contributed by atoms with Crippen molar-refractivity contribution >= 4 is 0 Å². The fourth-order valence-corrected chi connectivity index (χ4v) is 0.715. The SMILES string of the molecule is C#CC(O)C(C)CC=C(C)C. The number of aliphatic hydroxyl groups is 1. The minimum Gasteiger partial charge on any atom is -0.380 e. The van der Waals surface area contributed by atoms with Gasteiger partial charge in [0.05, 0.1) is 0 Å². The maximum Gasteiger partial charge on any atom is 0.117 e. The van der Waals surface area contributed by atoms with Crippen LogP contribution in [0.3, 0.4) is 0 Å². The smallest absolute Gasteiger partial charge is 0.117 e. The van der Waals surface area contributed by atoms with Crippen LogP contribution in [-0.4, -0.2) is 11.2 Å². The van der Waals surface area contributed by atoms with E-state index in [-0.39, 0.29) is 5.92 Å². The van der Waals surface area contributed by atoms with E-state index in [4.69, 9.17) is 6.42 Å². The molecule has 0 fully saturated rings. The van der Waals surface area contributed by atoms with E-state index in [1.807, 2.05) is 20.8 Å². The molecule has 11 heavy (non-hydrogen) atoms. The van der Waals surface area contributed by atoms with E-state index in [2.05, 4.69) is 12.0 Å². The topological polar surface area (TPSA) is 20.2 Å². The highest BCUT2D eigenvalue weighted by molar-refractivity contribution is 5.00. The second kappa shape index (κ2) is 4.98. The Hall–Kier alpha value is -0.740. The van der Waals surface area contributed by atoms with Gasteiger partial charge in [-0.1, -0.05) is 24.5 Å².